The minimum Gasteiger partial charge on any atom is -0.444 e. The van der Waals surface area contributed by atoms with E-state index >= 15 is 0 Å². The van der Waals surface area contributed by atoms with E-state index in [1.807, 2.05) is 51.2 Å². The Hall–Kier alpha value is -2.54. The predicted octanol–water partition coefficient (Wildman–Crippen LogP) is 3.60. The van der Waals surface area contributed by atoms with E-state index in [1.165, 1.54) is 19.3 Å². The third-order valence-corrected chi connectivity index (χ3v) is 5.51. The molecule has 1 aromatic carbocycles. The normalized spacial score (nSPS) is 16.1. The number of hydrogen-bond acceptors (Lipinski definition) is 4. The number of likely N-dealkylation sites (tertiary alicyclic amines) is 1. The van der Waals surface area contributed by atoms with Crippen LogP contribution in [0.15, 0.2) is 30.5 Å². The average Bonchev–Trinajstić information content (AvgIpc) is 3.13. The number of H-pyrrole nitrogens is 1. The van der Waals surface area contributed by atoms with E-state index in [0.29, 0.717) is 13.0 Å². The number of aromatic nitrogens is 1. The van der Waals surface area contributed by atoms with Crippen LogP contribution < -0.4 is 10.6 Å². The Kier molecular flexibility index (Phi) is 7.96. The molecule has 3 rings (SSSR count). The van der Waals surface area contributed by atoms with Crippen LogP contribution >= 0.6 is 0 Å². The van der Waals surface area contributed by atoms with Crippen molar-refractivity contribution >= 4 is 22.9 Å². The summed E-state index contributed by atoms with van der Waals surface area (Å²) in [6.07, 6.45) is 6.45. The van der Waals surface area contributed by atoms with Gasteiger partial charge in [-0.05, 0) is 71.3 Å². The maximum absolute atomic E-state index is 13.0. The summed E-state index contributed by atoms with van der Waals surface area (Å²) in [7, 11) is 0. The van der Waals surface area contributed by atoms with Crippen molar-refractivity contribution in [3.05, 3.63) is 36.0 Å². The molecule has 2 amide bonds. The molecule has 0 spiro atoms. The minimum absolute atomic E-state index is 0.185. The van der Waals surface area contributed by atoms with Crippen LogP contribution in [-0.4, -0.2) is 59.7 Å². The molecule has 1 aromatic heterocycles. The number of aromatic amines is 1. The van der Waals surface area contributed by atoms with Crippen molar-refractivity contribution in [1.82, 2.24) is 20.5 Å². The molecule has 0 unspecified atom stereocenters. The van der Waals surface area contributed by atoms with Crippen LogP contribution in [0, 0.1) is 0 Å². The van der Waals surface area contributed by atoms with Gasteiger partial charge in [-0.2, -0.15) is 0 Å². The van der Waals surface area contributed by atoms with Gasteiger partial charge in [0.25, 0.3) is 0 Å². The van der Waals surface area contributed by atoms with Gasteiger partial charge in [-0.3, -0.25) is 4.79 Å². The zero-order valence-electron chi connectivity index (χ0n) is 19.0. The molecule has 1 aliphatic rings. The number of amides is 2. The van der Waals surface area contributed by atoms with E-state index in [2.05, 4.69) is 20.5 Å². The summed E-state index contributed by atoms with van der Waals surface area (Å²) >= 11 is 0. The molecular formula is C24H36N4O3. The average molecular weight is 429 g/mol. The SMILES string of the molecule is CC(C)(C)OC(=O)N[C@@H](Cc1c[nH]c2ccccc12)C(=O)NCCCN1CCCCC1. The third kappa shape index (κ3) is 7.28. The highest BCUT2D eigenvalue weighted by atomic mass is 16.6. The molecule has 1 aliphatic heterocycles. The molecule has 31 heavy (non-hydrogen) atoms. The summed E-state index contributed by atoms with van der Waals surface area (Å²) < 4.78 is 5.39. The number of nitrogens with one attached hydrogen (secondary N) is 3. The number of benzene rings is 1. The lowest BCUT2D eigenvalue weighted by Crippen LogP contribution is -2.49. The monoisotopic (exact) mass is 428 g/mol. The molecule has 0 bridgehead atoms. The van der Waals surface area contributed by atoms with E-state index < -0.39 is 17.7 Å². The largest absolute Gasteiger partial charge is 0.444 e. The van der Waals surface area contributed by atoms with Crippen molar-refractivity contribution in [3.63, 3.8) is 0 Å². The molecule has 0 saturated carbocycles. The zero-order valence-corrected chi connectivity index (χ0v) is 19.0. The lowest BCUT2D eigenvalue weighted by Gasteiger charge is -2.26. The number of fused-ring (bicyclic) bond motifs is 1. The molecule has 3 N–H and O–H groups in total. The molecule has 7 heteroatoms. The Labute approximate surface area is 184 Å². The Morgan fingerprint density at radius 1 is 1.16 bits per heavy atom. The van der Waals surface area contributed by atoms with Crippen molar-refractivity contribution < 1.29 is 14.3 Å². The highest BCUT2D eigenvalue weighted by Gasteiger charge is 2.25. The van der Waals surface area contributed by atoms with Gasteiger partial charge in [0, 0.05) is 30.1 Å². The first kappa shape index (κ1) is 23.1. The summed E-state index contributed by atoms with van der Waals surface area (Å²) in [6.45, 7) is 9.31. The van der Waals surface area contributed by atoms with Crippen LogP contribution in [0.1, 0.15) is 52.0 Å². The van der Waals surface area contributed by atoms with Gasteiger partial charge in [0.1, 0.15) is 11.6 Å². The van der Waals surface area contributed by atoms with Gasteiger partial charge < -0.3 is 25.3 Å². The van der Waals surface area contributed by atoms with E-state index in [0.717, 1.165) is 42.5 Å². The molecule has 170 valence electrons. The summed E-state index contributed by atoms with van der Waals surface area (Å²) in [5, 5.41) is 6.83. The standard InChI is InChI=1S/C24H36N4O3/c1-24(2,3)31-23(30)27-21(16-18-17-26-20-11-6-5-10-19(18)20)22(29)25-12-9-15-28-13-7-4-8-14-28/h5-6,10-11,17,21,26H,4,7-9,12-16H2,1-3H3,(H,25,29)(H,27,30)/t21-/m0/s1. The van der Waals surface area contributed by atoms with Gasteiger partial charge in [0.2, 0.25) is 5.91 Å². The number of nitrogens with zero attached hydrogens (tertiary/aromatic N) is 1. The van der Waals surface area contributed by atoms with Crippen molar-refractivity contribution in [1.29, 1.82) is 0 Å². The summed E-state index contributed by atoms with van der Waals surface area (Å²) in [6, 6.07) is 7.24. The second-order valence-electron chi connectivity index (χ2n) is 9.31. The van der Waals surface area contributed by atoms with Crippen LogP contribution in [0.4, 0.5) is 4.79 Å². The highest BCUT2D eigenvalue weighted by Crippen LogP contribution is 2.19. The minimum atomic E-state index is -0.705. The van der Waals surface area contributed by atoms with Gasteiger partial charge in [0.15, 0.2) is 0 Å². The van der Waals surface area contributed by atoms with Crippen molar-refractivity contribution in [2.75, 3.05) is 26.2 Å². The molecular weight excluding hydrogens is 392 g/mol. The second-order valence-corrected chi connectivity index (χ2v) is 9.31. The van der Waals surface area contributed by atoms with Crippen molar-refractivity contribution in [3.8, 4) is 0 Å². The van der Waals surface area contributed by atoms with E-state index in [9.17, 15) is 9.59 Å². The van der Waals surface area contributed by atoms with Gasteiger partial charge in [-0.1, -0.05) is 24.6 Å². The number of hydrogen-bond donors (Lipinski definition) is 3. The van der Waals surface area contributed by atoms with Crippen LogP contribution in [0.3, 0.4) is 0 Å². The number of alkyl carbamates (subject to hydrolysis) is 1. The van der Waals surface area contributed by atoms with Gasteiger partial charge >= 0.3 is 6.09 Å². The maximum atomic E-state index is 13.0. The highest BCUT2D eigenvalue weighted by molar-refractivity contribution is 5.88. The Balaban J connectivity index is 1.60. The summed E-state index contributed by atoms with van der Waals surface area (Å²) in [4.78, 5) is 31.0. The quantitative estimate of drug-likeness (QED) is 0.561. The molecule has 7 nitrogen and oxygen atoms in total. The van der Waals surface area contributed by atoms with Crippen LogP contribution in [0.25, 0.3) is 10.9 Å². The van der Waals surface area contributed by atoms with E-state index in [1.54, 1.807) is 0 Å². The molecule has 2 heterocycles. The van der Waals surface area contributed by atoms with Gasteiger partial charge in [-0.15, -0.1) is 0 Å². The lowest BCUT2D eigenvalue weighted by molar-refractivity contribution is -0.123. The summed E-state index contributed by atoms with van der Waals surface area (Å²) in [5.41, 5.74) is 1.37. The number of para-hydroxylation sites is 1. The number of piperidine rings is 1. The Morgan fingerprint density at radius 3 is 2.65 bits per heavy atom. The lowest BCUT2D eigenvalue weighted by atomic mass is 10.0. The van der Waals surface area contributed by atoms with Gasteiger partial charge in [0.05, 0.1) is 0 Å². The first-order valence-corrected chi connectivity index (χ1v) is 11.4. The fourth-order valence-electron chi connectivity index (χ4n) is 4.00. The third-order valence-electron chi connectivity index (χ3n) is 5.51. The number of rotatable bonds is 8. The number of ether oxygens (including phenoxy) is 1. The van der Waals surface area contributed by atoms with E-state index in [-0.39, 0.29) is 5.91 Å². The topological polar surface area (TPSA) is 86.5 Å². The first-order chi connectivity index (χ1) is 14.8. The molecule has 2 aromatic rings. The van der Waals surface area contributed by atoms with Crippen molar-refractivity contribution in [2.45, 2.75) is 64.5 Å². The summed E-state index contributed by atoms with van der Waals surface area (Å²) in [5.74, 6) is -0.185. The second kappa shape index (κ2) is 10.7. The number of carbonyl (C=O) groups excluding carboxylic acids is 2. The molecule has 1 fully saturated rings. The molecule has 1 atom stereocenters. The van der Waals surface area contributed by atoms with Crippen LogP contribution in [0.2, 0.25) is 0 Å². The maximum Gasteiger partial charge on any atom is 0.408 e. The van der Waals surface area contributed by atoms with Crippen molar-refractivity contribution in [2.24, 2.45) is 0 Å². The van der Waals surface area contributed by atoms with Crippen LogP contribution in [-0.2, 0) is 16.0 Å². The molecule has 0 radical (unpaired) electrons. The van der Waals surface area contributed by atoms with E-state index in [4.69, 9.17) is 4.74 Å². The predicted molar refractivity (Wildman–Crippen MR) is 123 cm³/mol. The van der Waals surface area contributed by atoms with Gasteiger partial charge in [-0.25, -0.2) is 4.79 Å². The molecule has 1 saturated heterocycles. The zero-order chi connectivity index (χ0) is 22.3. The number of carbonyl (C=O) groups is 2. The fourth-order valence-corrected chi connectivity index (χ4v) is 4.00. The molecule has 0 aliphatic carbocycles. The fraction of sp³-hybridized carbons (Fsp3) is 0.583. The van der Waals surface area contributed by atoms with Crippen LogP contribution in [0.5, 0.6) is 0 Å². The Morgan fingerprint density at radius 2 is 1.90 bits per heavy atom. The first-order valence-electron chi connectivity index (χ1n) is 11.4. The smallest absolute Gasteiger partial charge is 0.408 e. The Bertz CT molecular complexity index is 865.